The molecule has 8 heteroatoms. The van der Waals surface area contributed by atoms with Gasteiger partial charge in [-0.15, -0.1) is 11.3 Å². The van der Waals surface area contributed by atoms with E-state index in [-0.39, 0.29) is 30.3 Å². The number of halogens is 1. The van der Waals surface area contributed by atoms with Crippen molar-refractivity contribution in [2.24, 2.45) is 5.10 Å². The summed E-state index contributed by atoms with van der Waals surface area (Å²) in [5, 5.41) is 6.87. The number of carbonyl (C=O) groups is 2. The van der Waals surface area contributed by atoms with Crippen LogP contribution in [0.3, 0.4) is 0 Å². The summed E-state index contributed by atoms with van der Waals surface area (Å²) in [6.45, 7) is 1.76. The van der Waals surface area contributed by atoms with Crippen LogP contribution in [-0.4, -0.2) is 31.6 Å². The largest absolute Gasteiger partial charge is 0.493 e. The highest BCUT2D eigenvalue weighted by atomic mass is 32.1. The van der Waals surface area contributed by atoms with Gasteiger partial charge in [-0.05, 0) is 43.3 Å². The summed E-state index contributed by atoms with van der Waals surface area (Å²) in [6, 6.07) is 9.43. The molecule has 30 heavy (non-hydrogen) atoms. The molecule has 0 radical (unpaired) electrons. The number of ether oxygens (including phenoxy) is 2. The number of fused-ring (bicyclic) bond motifs is 1. The molecule has 1 amide bonds. The molecule has 0 fully saturated rings. The van der Waals surface area contributed by atoms with Gasteiger partial charge in [0.05, 0.1) is 19.9 Å². The van der Waals surface area contributed by atoms with Crippen LogP contribution in [0.4, 0.5) is 4.39 Å². The lowest BCUT2D eigenvalue weighted by Gasteiger charge is -2.09. The first-order valence-corrected chi connectivity index (χ1v) is 10.1. The highest BCUT2D eigenvalue weighted by molar-refractivity contribution is 7.17. The van der Waals surface area contributed by atoms with Gasteiger partial charge in [-0.1, -0.05) is 0 Å². The number of Topliss-reactive ketones (excluding diaryl/α,β-unsaturated/α-hetero) is 1. The first-order chi connectivity index (χ1) is 14.4. The lowest BCUT2D eigenvalue weighted by atomic mass is 10.1. The number of hydrogen-bond donors (Lipinski definition) is 1. The SMILES string of the molecule is COc1ccc(C(=O)CCC(=O)N/N=C(\C)c2csc3cc(F)ccc23)cc1OC. The van der Waals surface area contributed by atoms with Crippen LogP contribution in [0.25, 0.3) is 10.1 Å². The molecule has 1 N–H and O–H groups in total. The minimum absolute atomic E-state index is 0.000443. The quantitative estimate of drug-likeness (QED) is 0.324. The van der Waals surface area contributed by atoms with Crippen molar-refractivity contribution >= 4 is 38.8 Å². The molecule has 1 aromatic heterocycles. The van der Waals surface area contributed by atoms with Crippen LogP contribution in [0.1, 0.15) is 35.7 Å². The average molecular weight is 428 g/mol. The number of methoxy groups -OCH3 is 2. The predicted molar refractivity (Wildman–Crippen MR) is 115 cm³/mol. The summed E-state index contributed by atoms with van der Waals surface area (Å²) < 4.78 is 24.5. The zero-order valence-electron chi connectivity index (χ0n) is 16.8. The average Bonchev–Trinajstić information content (AvgIpc) is 3.18. The molecular weight excluding hydrogens is 407 g/mol. The Labute approximate surface area is 177 Å². The smallest absolute Gasteiger partial charge is 0.240 e. The summed E-state index contributed by atoms with van der Waals surface area (Å²) in [4.78, 5) is 24.5. The van der Waals surface area contributed by atoms with Crippen LogP contribution in [0, 0.1) is 5.82 Å². The van der Waals surface area contributed by atoms with Crippen LogP contribution in [0.2, 0.25) is 0 Å². The summed E-state index contributed by atoms with van der Waals surface area (Å²) >= 11 is 1.41. The van der Waals surface area contributed by atoms with Crippen LogP contribution >= 0.6 is 11.3 Å². The van der Waals surface area contributed by atoms with E-state index in [4.69, 9.17) is 9.47 Å². The highest BCUT2D eigenvalue weighted by Gasteiger charge is 2.13. The van der Waals surface area contributed by atoms with Gasteiger partial charge >= 0.3 is 0 Å². The summed E-state index contributed by atoms with van der Waals surface area (Å²) in [5.41, 5.74) is 4.35. The molecule has 1 heterocycles. The normalized spacial score (nSPS) is 11.4. The molecule has 0 aliphatic rings. The fourth-order valence-corrected chi connectivity index (χ4v) is 3.95. The Bertz CT molecular complexity index is 1120. The second kappa shape index (κ2) is 9.49. The molecule has 6 nitrogen and oxygen atoms in total. The Morgan fingerprint density at radius 1 is 1.07 bits per heavy atom. The van der Waals surface area contributed by atoms with E-state index >= 15 is 0 Å². The van der Waals surface area contributed by atoms with Gasteiger partial charge in [0.15, 0.2) is 17.3 Å². The molecular formula is C22H21FN2O4S. The van der Waals surface area contributed by atoms with Crippen LogP contribution < -0.4 is 14.9 Å². The van der Waals surface area contributed by atoms with Crippen LogP contribution in [-0.2, 0) is 4.79 Å². The summed E-state index contributed by atoms with van der Waals surface area (Å²) in [5.74, 6) is 0.139. The molecule has 0 saturated heterocycles. The third-order valence-electron chi connectivity index (χ3n) is 4.56. The fourth-order valence-electron chi connectivity index (χ4n) is 2.93. The van der Waals surface area contributed by atoms with Gasteiger partial charge in [0.25, 0.3) is 0 Å². The predicted octanol–water partition coefficient (Wildman–Crippen LogP) is 4.56. The number of hydrazone groups is 1. The van der Waals surface area contributed by atoms with Crippen molar-refractivity contribution in [3.8, 4) is 11.5 Å². The van der Waals surface area contributed by atoms with Crippen molar-refractivity contribution in [1.82, 2.24) is 5.43 Å². The topological polar surface area (TPSA) is 77.0 Å². The molecule has 0 saturated carbocycles. The van der Waals surface area contributed by atoms with Gasteiger partial charge in [-0.3, -0.25) is 9.59 Å². The Morgan fingerprint density at radius 3 is 2.57 bits per heavy atom. The number of ketones is 1. The monoisotopic (exact) mass is 428 g/mol. The maximum absolute atomic E-state index is 13.3. The lowest BCUT2D eigenvalue weighted by Crippen LogP contribution is -2.20. The van der Waals surface area contributed by atoms with Gasteiger partial charge in [-0.25, -0.2) is 9.82 Å². The zero-order valence-corrected chi connectivity index (χ0v) is 17.6. The number of amides is 1. The number of carbonyl (C=O) groups excluding carboxylic acids is 2. The van der Waals surface area contributed by atoms with E-state index in [0.717, 1.165) is 15.6 Å². The van der Waals surface area contributed by atoms with Crippen molar-refractivity contribution < 1.29 is 23.5 Å². The van der Waals surface area contributed by atoms with E-state index in [1.165, 1.54) is 37.7 Å². The van der Waals surface area contributed by atoms with Crippen LogP contribution in [0.15, 0.2) is 46.9 Å². The zero-order chi connectivity index (χ0) is 21.7. The van der Waals surface area contributed by atoms with Crippen molar-refractivity contribution in [2.45, 2.75) is 19.8 Å². The van der Waals surface area contributed by atoms with Crippen molar-refractivity contribution in [1.29, 1.82) is 0 Å². The molecule has 2 aromatic carbocycles. The maximum atomic E-state index is 13.3. The van der Waals surface area contributed by atoms with E-state index in [1.54, 1.807) is 31.2 Å². The Balaban J connectivity index is 1.59. The molecule has 0 aliphatic carbocycles. The second-order valence-electron chi connectivity index (χ2n) is 6.51. The third-order valence-corrected chi connectivity index (χ3v) is 5.51. The van der Waals surface area contributed by atoms with Crippen molar-refractivity contribution in [3.05, 3.63) is 58.7 Å². The number of rotatable bonds is 8. The molecule has 156 valence electrons. The van der Waals surface area contributed by atoms with E-state index in [2.05, 4.69) is 10.5 Å². The minimum Gasteiger partial charge on any atom is -0.493 e. The Hall–Kier alpha value is -3.26. The number of benzene rings is 2. The molecule has 0 bridgehead atoms. The molecule has 3 rings (SSSR count). The Kier molecular flexibility index (Phi) is 6.79. The summed E-state index contributed by atoms with van der Waals surface area (Å²) in [6.07, 6.45) is 0.0378. The van der Waals surface area contributed by atoms with Crippen molar-refractivity contribution in [2.75, 3.05) is 14.2 Å². The number of nitrogens with one attached hydrogen (secondary N) is 1. The van der Waals surface area contributed by atoms with Gasteiger partial charge in [0.2, 0.25) is 5.91 Å². The number of thiophene rings is 1. The van der Waals surface area contributed by atoms with E-state index in [1.807, 2.05) is 5.38 Å². The lowest BCUT2D eigenvalue weighted by molar-refractivity contribution is -0.121. The van der Waals surface area contributed by atoms with Crippen molar-refractivity contribution in [3.63, 3.8) is 0 Å². The first-order valence-electron chi connectivity index (χ1n) is 9.18. The van der Waals surface area contributed by atoms with E-state index < -0.39 is 0 Å². The summed E-state index contributed by atoms with van der Waals surface area (Å²) in [7, 11) is 3.01. The van der Waals surface area contributed by atoms with Crippen LogP contribution in [0.5, 0.6) is 11.5 Å². The van der Waals surface area contributed by atoms with Gasteiger partial charge in [-0.2, -0.15) is 5.10 Å². The fraction of sp³-hybridized carbons (Fsp3) is 0.227. The molecule has 0 atom stereocenters. The number of hydrogen-bond acceptors (Lipinski definition) is 6. The number of nitrogens with zero attached hydrogens (tertiary/aromatic N) is 1. The van der Waals surface area contributed by atoms with E-state index in [9.17, 15) is 14.0 Å². The molecule has 0 spiro atoms. The highest BCUT2D eigenvalue weighted by Crippen LogP contribution is 2.28. The molecule has 3 aromatic rings. The molecule has 0 aliphatic heterocycles. The van der Waals surface area contributed by atoms with E-state index in [0.29, 0.717) is 22.8 Å². The first kappa shape index (κ1) is 21.4. The van der Waals surface area contributed by atoms with Gasteiger partial charge < -0.3 is 9.47 Å². The van der Waals surface area contributed by atoms with Gasteiger partial charge in [0.1, 0.15) is 5.82 Å². The second-order valence-corrected chi connectivity index (χ2v) is 7.43. The third kappa shape index (κ3) is 4.83. The minimum atomic E-state index is -0.367. The Morgan fingerprint density at radius 2 is 1.83 bits per heavy atom. The standard InChI is InChI=1S/C22H21FN2O4S/c1-13(17-12-30-21-11-15(23)5-6-16(17)21)24-25-22(27)9-7-18(26)14-4-8-19(28-2)20(10-14)29-3/h4-6,8,10-12H,7,9H2,1-3H3,(H,25,27)/b24-13+. The maximum Gasteiger partial charge on any atom is 0.240 e. The van der Waals surface area contributed by atoms with Gasteiger partial charge in [0, 0.05) is 39.4 Å². The molecule has 0 unspecified atom stereocenters.